The highest BCUT2D eigenvalue weighted by molar-refractivity contribution is 9.09. The van der Waals surface area contributed by atoms with E-state index in [-0.39, 0.29) is 0 Å². The lowest BCUT2D eigenvalue weighted by Crippen LogP contribution is -2.10. The Morgan fingerprint density at radius 2 is 2.17 bits per heavy atom. The predicted molar refractivity (Wildman–Crippen MR) is 58.7 cm³/mol. The van der Waals surface area contributed by atoms with E-state index in [0.717, 1.165) is 23.1 Å². The lowest BCUT2D eigenvalue weighted by atomic mass is 9.91. The molecule has 0 aromatic carbocycles. The van der Waals surface area contributed by atoms with Gasteiger partial charge in [0.05, 0.1) is 0 Å². The number of allylic oxidation sites excluding steroid dienone is 1. The second-order valence-corrected chi connectivity index (χ2v) is 5.20. The van der Waals surface area contributed by atoms with E-state index in [1.165, 1.54) is 24.8 Å². The minimum Gasteiger partial charge on any atom is -0.0999 e. The molecule has 1 aliphatic carbocycles. The molecule has 1 fully saturated rings. The van der Waals surface area contributed by atoms with E-state index in [9.17, 15) is 0 Å². The van der Waals surface area contributed by atoms with Gasteiger partial charge in [-0.05, 0) is 37.5 Å². The Morgan fingerprint density at radius 1 is 1.50 bits per heavy atom. The molecule has 3 unspecified atom stereocenters. The van der Waals surface area contributed by atoms with Crippen LogP contribution in [0.15, 0.2) is 12.2 Å². The first-order valence-corrected chi connectivity index (χ1v) is 5.87. The van der Waals surface area contributed by atoms with Crippen molar-refractivity contribution in [3.8, 4) is 0 Å². The quantitative estimate of drug-likeness (QED) is 0.505. The van der Waals surface area contributed by atoms with Crippen LogP contribution in [0.4, 0.5) is 0 Å². The fourth-order valence-electron chi connectivity index (χ4n) is 2.00. The van der Waals surface area contributed by atoms with Crippen molar-refractivity contribution < 1.29 is 0 Å². The first-order valence-electron chi connectivity index (χ1n) is 4.95. The van der Waals surface area contributed by atoms with Crippen LogP contribution < -0.4 is 0 Å². The predicted octanol–water partition coefficient (Wildman–Crippen LogP) is 4.15. The third-order valence-electron chi connectivity index (χ3n) is 3.18. The molecule has 0 nitrogen and oxygen atoms in total. The summed E-state index contributed by atoms with van der Waals surface area (Å²) in [6, 6.07) is 0. The van der Waals surface area contributed by atoms with E-state index >= 15 is 0 Å². The summed E-state index contributed by atoms with van der Waals surface area (Å²) in [5.74, 6) is 1.73. The van der Waals surface area contributed by atoms with Gasteiger partial charge in [-0.3, -0.25) is 0 Å². The molecule has 12 heavy (non-hydrogen) atoms. The zero-order chi connectivity index (χ0) is 9.14. The van der Waals surface area contributed by atoms with E-state index in [0.29, 0.717) is 0 Å². The summed E-state index contributed by atoms with van der Waals surface area (Å²) in [7, 11) is 0. The van der Waals surface area contributed by atoms with Crippen LogP contribution in [-0.4, -0.2) is 4.83 Å². The molecule has 1 rings (SSSR count). The summed E-state index contributed by atoms with van der Waals surface area (Å²) < 4.78 is 0. The van der Waals surface area contributed by atoms with Crippen molar-refractivity contribution in [2.75, 3.05) is 0 Å². The van der Waals surface area contributed by atoms with E-state index in [4.69, 9.17) is 0 Å². The van der Waals surface area contributed by atoms with Gasteiger partial charge in [0.1, 0.15) is 0 Å². The Balaban J connectivity index is 2.38. The molecule has 0 N–H and O–H groups in total. The molecular weight excluding hydrogens is 212 g/mol. The molecule has 1 heteroatoms. The van der Waals surface area contributed by atoms with Crippen LogP contribution in [0.2, 0.25) is 0 Å². The van der Waals surface area contributed by atoms with Crippen LogP contribution in [0.1, 0.15) is 39.5 Å². The van der Waals surface area contributed by atoms with Crippen LogP contribution in [0, 0.1) is 11.8 Å². The fourth-order valence-corrected chi connectivity index (χ4v) is 2.69. The Bertz CT molecular complexity index is 162. The Labute approximate surface area is 84.6 Å². The van der Waals surface area contributed by atoms with Gasteiger partial charge in [0.25, 0.3) is 0 Å². The average Bonchev–Trinajstić information content (AvgIpc) is 2.36. The SMILES string of the molecule is C=C(CC)CC1CCC(Br)C1C. The number of alkyl halides is 1. The highest BCUT2D eigenvalue weighted by atomic mass is 79.9. The second-order valence-electron chi connectivity index (χ2n) is 4.02. The standard InChI is InChI=1S/C11H19Br/c1-4-8(2)7-10-5-6-11(12)9(10)3/h9-11H,2,4-7H2,1,3H3. The molecule has 1 aliphatic rings. The van der Waals surface area contributed by atoms with Crippen LogP contribution in [0.3, 0.4) is 0 Å². The van der Waals surface area contributed by atoms with Gasteiger partial charge >= 0.3 is 0 Å². The van der Waals surface area contributed by atoms with Gasteiger partial charge < -0.3 is 0 Å². The summed E-state index contributed by atoms with van der Waals surface area (Å²) in [6.45, 7) is 8.64. The van der Waals surface area contributed by atoms with Crippen molar-refractivity contribution in [1.29, 1.82) is 0 Å². The monoisotopic (exact) mass is 230 g/mol. The van der Waals surface area contributed by atoms with Crippen molar-refractivity contribution in [3.05, 3.63) is 12.2 Å². The molecule has 3 atom stereocenters. The number of halogens is 1. The first-order chi connectivity index (χ1) is 5.65. The van der Waals surface area contributed by atoms with Crippen molar-refractivity contribution in [2.24, 2.45) is 11.8 Å². The normalized spacial score (nSPS) is 35.4. The van der Waals surface area contributed by atoms with Crippen LogP contribution >= 0.6 is 15.9 Å². The topological polar surface area (TPSA) is 0 Å². The highest BCUT2D eigenvalue weighted by Crippen LogP contribution is 2.39. The smallest absolute Gasteiger partial charge is 0.0174 e. The molecule has 0 bridgehead atoms. The Hall–Kier alpha value is 0.220. The van der Waals surface area contributed by atoms with E-state index in [1.54, 1.807) is 0 Å². The molecule has 0 aromatic heterocycles. The number of hydrogen-bond donors (Lipinski definition) is 0. The molecule has 0 heterocycles. The Morgan fingerprint density at radius 3 is 2.58 bits per heavy atom. The van der Waals surface area contributed by atoms with Gasteiger partial charge in [-0.25, -0.2) is 0 Å². The Kier molecular flexibility index (Phi) is 3.82. The molecule has 0 saturated heterocycles. The van der Waals surface area contributed by atoms with Crippen LogP contribution in [0.5, 0.6) is 0 Å². The van der Waals surface area contributed by atoms with Crippen molar-refractivity contribution in [2.45, 2.75) is 44.4 Å². The summed E-state index contributed by atoms with van der Waals surface area (Å²) in [5, 5.41) is 0. The largest absolute Gasteiger partial charge is 0.0999 e. The van der Waals surface area contributed by atoms with Gasteiger partial charge in [0, 0.05) is 4.83 Å². The minimum absolute atomic E-state index is 0.757. The van der Waals surface area contributed by atoms with Crippen LogP contribution in [0.25, 0.3) is 0 Å². The lowest BCUT2D eigenvalue weighted by Gasteiger charge is -2.17. The highest BCUT2D eigenvalue weighted by Gasteiger charge is 2.30. The lowest BCUT2D eigenvalue weighted by molar-refractivity contribution is 0.419. The molecule has 0 radical (unpaired) electrons. The summed E-state index contributed by atoms with van der Waals surface area (Å²) >= 11 is 3.73. The molecule has 1 saturated carbocycles. The maximum absolute atomic E-state index is 4.08. The molecule has 0 spiro atoms. The van der Waals surface area contributed by atoms with E-state index in [2.05, 4.69) is 36.4 Å². The van der Waals surface area contributed by atoms with Gasteiger partial charge in [-0.15, -0.1) is 0 Å². The number of hydrogen-bond acceptors (Lipinski definition) is 0. The molecule has 70 valence electrons. The first kappa shape index (κ1) is 10.3. The summed E-state index contributed by atoms with van der Waals surface area (Å²) in [6.07, 6.45) is 5.13. The zero-order valence-corrected chi connectivity index (χ0v) is 9.73. The van der Waals surface area contributed by atoms with Crippen molar-refractivity contribution in [3.63, 3.8) is 0 Å². The average molecular weight is 231 g/mol. The van der Waals surface area contributed by atoms with Crippen molar-refractivity contribution in [1.82, 2.24) is 0 Å². The van der Waals surface area contributed by atoms with Gasteiger partial charge in [-0.2, -0.15) is 0 Å². The van der Waals surface area contributed by atoms with Gasteiger partial charge in [0.15, 0.2) is 0 Å². The van der Waals surface area contributed by atoms with Crippen molar-refractivity contribution >= 4 is 15.9 Å². The van der Waals surface area contributed by atoms with Gasteiger partial charge in [-0.1, -0.05) is 41.9 Å². The number of rotatable bonds is 3. The van der Waals surface area contributed by atoms with E-state index < -0.39 is 0 Å². The maximum Gasteiger partial charge on any atom is 0.0174 e. The second kappa shape index (κ2) is 4.45. The third kappa shape index (κ3) is 2.35. The maximum atomic E-state index is 4.08. The molecular formula is C11H19Br. The zero-order valence-electron chi connectivity index (χ0n) is 8.15. The molecule has 0 aromatic rings. The summed E-state index contributed by atoms with van der Waals surface area (Å²) in [4.78, 5) is 0.757. The van der Waals surface area contributed by atoms with E-state index in [1.807, 2.05) is 0 Å². The van der Waals surface area contributed by atoms with Gasteiger partial charge in [0.2, 0.25) is 0 Å². The minimum atomic E-state index is 0.757. The summed E-state index contributed by atoms with van der Waals surface area (Å²) in [5.41, 5.74) is 1.42. The third-order valence-corrected chi connectivity index (χ3v) is 4.47. The van der Waals surface area contributed by atoms with Crippen LogP contribution in [-0.2, 0) is 0 Å². The fraction of sp³-hybridized carbons (Fsp3) is 0.818. The molecule has 0 amide bonds. The molecule has 0 aliphatic heterocycles.